The highest BCUT2D eigenvalue weighted by Crippen LogP contribution is 2.29. The number of carbonyl (C=O) groups excluding carboxylic acids is 1. The number of ether oxygens (including phenoxy) is 1. The van der Waals surface area contributed by atoms with E-state index in [1.165, 1.54) is 0 Å². The van der Waals surface area contributed by atoms with Crippen LogP contribution in [0.3, 0.4) is 0 Å². The van der Waals surface area contributed by atoms with Crippen LogP contribution in [0.4, 0.5) is 10.6 Å². The molecule has 144 valence electrons. The molecule has 2 fully saturated rings. The van der Waals surface area contributed by atoms with Gasteiger partial charge in [0.05, 0.1) is 29.3 Å². The van der Waals surface area contributed by atoms with Crippen molar-refractivity contribution in [2.75, 3.05) is 31.1 Å². The van der Waals surface area contributed by atoms with Crippen LogP contribution in [-0.2, 0) is 0 Å². The lowest BCUT2D eigenvalue weighted by molar-refractivity contribution is 0.0440. The monoisotopic (exact) mass is 395 g/mol. The number of carbonyl (C=O) groups is 1. The van der Waals surface area contributed by atoms with Crippen LogP contribution in [0.25, 0.3) is 10.2 Å². The van der Waals surface area contributed by atoms with Crippen LogP contribution in [0.1, 0.15) is 5.56 Å². The minimum Gasteiger partial charge on any atom is -0.484 e. The van der Waals surface area contributed by atoms with E-state index < -0.39 is 0 Å². The summed E-state index contributed by atoms with van der Waals surface area (Å²) in [7, 11) is 0. The number of aryl methyl sites for hydroxylation is 1. The van der Waals surface area contributed by atoms with Gasteiger partial charge in [-0.05, 0) is 30.7 Å². The van der Waals surface area contributed by atoms with Crippen molar-refractivity contribution in [3.8, 4) is 5.75 Å². The highest BCUT2D eigenvalue weighted by atomic mass is 32.1. The summed E-state index contributed by atoms with van der Waals surface area (Å²) in [4.78, 5) is 25.2. The number of nitrogens with zero attached hydrogens (tertiary/aromatic N) is 4. The highest BCUT2D eigenvalue weighted by Gasteiger charge is 2.36. The van der Waals surface area contributed by atoms with Crippen LogP contribution in [0.5, 0.6) is 5.75 Å². The van der Waals surface area contributed by atoms with Gasteiger partial charge in [-0.25, -0.2) is 14.8 Å². The van der Waals surface area contributed by atoms with Gasteiger partial charge in [0.2, 0.25) is 0 Å². The normalized spacial score (nSPS) is 17.3. The van der Waals surface area contributed by atoms with E-state index in [0.29, 0.717) is 13.1 Å². The Kier molecular flexibility index (Phi) is 4.27. The average molecular weight is 395 g/mol. The fourth-order valence-electron chi connectivity index (χ4n) is 3.48. The van der Waals surface area contributed by atoms with Gasteiger partial charge in [-0.2, -0.15) is 0 Å². The molecular weight excluding hydrogens is 374 g/mol. The summed E-state index contributed by atoms with van der Waals surface area (Å²) in [6, 6.07) is 10.2. The Labute approximate surface area is 167 Å². The number of likely N-dealkylation sites (tertiary alicyclic amines) is 1. The smallest absolute Gasteiger partial charge is 0.317 e. The van der Waals surface area contributed by atoms with Gasteiger partial charge in [-0.15, -0.1) is 11.3 Å². The molecule has 2 aliphatic rings. The zero-order chi connectivity index (χ0) is 19.1. The van der Waals surface area contributed by atoms with Crippen molar-refractivity contribution in [2.24, 2.45) is 0 Å². The Bertz CT molecular complexity index is 993. The molecular formula is C20H21N5O2S. The van der Waals surface area contributed by atoms with Gasteiger partial charge in [0.1, 0.15) is 23.2 Å². The number of amides is 2. The van der Waals surface area contributed by atoms with E-state index in [4.69, 9.17) is 4.74 Å². The quantitative estimate of drug-likeness (QED) is 0.735. The van der Waals surface area contributed by atoms with Gasteiger partial charge in [-0.3, -0.25) is 0 Å². The summed E-state index contributed by atoms with van der Waals surface area (Å²) < 4.78 is 7.15. The second-order valence-corrected chi connectivity index (χ2v) is 8.23. The molecule has 0 atom stereocenters. The molecule has 7 nitrogen and oxygen atoms in total. The summed E-state index contributed by atoms with van der Waals surface area (Å²) in [6.07, 6.45) is 1.89. The Morgan fingerprint density at radius 1 is 1.18 bits per heavy atom. The number of hydrogen-bond donors (Lipinski definition) is 1. The molecule has 0 bridgehead atoms. The molecule has 5 rings (SSSR count). The third kappa shape index (κ3) is 3.24. The number of anilines is 1. The largest absolute Gasteiger partial charge is 0.484 e. The summed E-state index contributed by atoms with van der Waals surface area (Å²) >= 11 is 1.60. The molecule has 4 heterocycles. The molecule has 3 aromatic rings. The molecule has 8 heteroatoms. The zero-order valence-electron chi connectivity index (χ0n) is 15.5. The van der Waals surface area contributed by atoms with E-state index in [1.54, 1.807) is 16.2 Å². The maximum absolute atomic E-state index is 12.4. The number of nitrogens with one attached hydrogen (secondary N) is 1. The number of rotatable bonds is 4. The lowest BCUT2D eigenvalue weighted by Gasteiger charge is -2.44. The van der Waals surface area contributed by atoms with Crippen molar-refractivity contribution in [3.05, 3.63) is 47.6 Å². The van der Waals surface area contributed by atoms with Gasteiger partial charge < -0.3 is 19.9 Å². The number of aromatic nitrogens is 2. The van der Waals surface area contributed by atoms with Crippen molar-refractivity contribution in [2.45, 2.75) is 19.1 Å². The number of para-hydroxylation sites is 1. The Hall–Kier alpha value is -2.87. The molecule has 2 aliphatic heterocycles. The first-order valence-corrected chi connectivity index (χ1v) is 10.3. The molecule has 0 unspecified atom stereocenters. The molecule has 28 heavy (non-hydrogen) atoms. The van der Waals surface area contributed by atoms with E-state index in [0.717, 1.165) is 40.4 Å². The van der Waals surface area contributed by atoms with Gasteiger partial charge in [0, 0.05) is 19.3 Å². The average Bonchev–Trinajstić information content (AvgIpc) is 3.11. The van der Waals surface area contributed by atoms with Crippen LogP contribution in [0, 0.1) is 6.92 Å². The number of fused-ring (bicyclic) bond motifs is 1. The van der Waals surface area contributed by atoms with Gasteiger partial charge in [0.15, 0.2) is 0 Å². The number of benzene rings is 1. The topological polar surface area (TPSA) is 70.6 Å². The molecule has 2 saturated heterocycles. The molecule has 1 aromatic carbocycles. The van der Waals surface area contributed by atoms with E-state index in [9.17, 15) is 4.79 Å². The number of hydrogen-bond acceptors (Lipinski definition) is 6. The van der Waals surface area contributed by atoms with Crippen molar-refractivity contribution >= 4 is 33.4 Å². The Morgan fingerprint density at radius 2 is 2.04 bits per heavy atom. The third-order valence-electron chi connectivity index (χ3n) is 5.18. The zero-order valence-corrected chi connectivity index (χ0v) is 16.4. The molecule has 0 radical (unpaired) electrons. The third-order valence-corrected chi connectivity index (χ3v) is 5.98. The highest BCUT2D eigenvalue weighted by molar-refractivity contribution is 7.16. The van der Waals surface area contributed by atoms with Crippen LogP contribution in [-0.4, -0.2) is 59.2 Å². The van der Waals surface area contributed by atoms with Gasteiger partial charge in [-0.1, -0.05) is 12.1 Å². The van der Waals surface area contributed by atoms with Crippen molar-refractivity contribution in [1.82, 2.24) is 20.2 Å². The predicted octanol–water partition coefficient (Wildman–Crippen LogP) is 2.66. The van der Waals surface area contributed by atoms with Crippen molar-refractivity contribution in [1.29, 1.82) is 0 Å². The van der Waals surface area contributed by atoms with E-state index >= 15 is 0 Å². The molecule has 0 aliphatic carbocycles. The van der Waals surface area contributed by atoms with Crippen molar-refractivity contribution in [3.63, 3.8) is 0 Å². The van der Waals surface area contributed by atoms with Crippen molar-refractivity contribution < 1.29 is 9.53 Å². The van der Waals surface area contributed by atoms with Gasteiger partial charge in [0.25, 0.3) is 0 Å². The first-order valence-electron chi connectivity index (χ1n) is 9.37. The Balaban J connectivity index is 1.08. The second kappa shape index (κ2) is 6.94. The van der Waals surface area contributed by atoms with E-state index in [2.05, 4.69) is 26.3 Å². The summed E-state index contributed by atoms with van der Waals surface area (Å²) in [5.41, 5.74) is 3.87. The maximum atomic E-state index is 12.4. The maximum Gasteiger partial charge on any atom is 0.317 e. The minimum atomic E-state index is -0.0202. The number of thiazole rings is 1. The predicted molar refractivity (Wildman–Crippen MR) is 109 cm³/mol. The molecule has 0 spiro atoms. The first-order chi connectivity index (χ1) is 13.7. The standard InChI is InChI=1S/C20H21N5O2S/c1-13-5-6-18(21-7-13)24-8-14(9-24)23-20(26)25-10-15(11-25)27-16-3-2-4-17-19(16)22-12-28-17/h2-7,12,14-15H,8-11H2,1H3,(H,23,26). The molecule has 2 amide bonds. The number of urea groups is 1. The SMILES string of the molecule is Cc1ccc(N2CC(NC(=O)N3CC(Oc4cccc5scnc45)C3)C2)nc1. The lowest BCUT2D eigenvalue weighted by atomic mass is 10.1. The van der Waals surface area contributed by atoms with Crippen LogP contribution in [0.15, 0.2) is 42.0 Å². The lowest BCUT2D eigenvalue weighted by Crippen LogP contribution is -2.65. The van der Waals surface area contributed by atoms with E-state index in [1.807, 2.05) is 42.9 Å². The van der Waals surface area contributed by atoms with E-state index in [-0.39, 0.29) is 18.2 Å². The fourth-order valence-corrected chi connectivity index (χ4v) is 4.18. The summed E-state index contributed by atoms with van der Waals surface area (Å²) in [6.45, 7) is 4.81. The summed E-state index contributed by atoms with van der Waals surface area (Å²) in [5.74, 6) is 1.76. The summed E-state index contributed by atoms with van der Waals surface area (Å²) in [5, 5.41) is 3.09. The van der Waals surface area contributed by atoms with Crippen LogP contribution in [0.2, 0.25) is 0 Å². The molecule has 0 saturated carbocycles. The first kappa shape index (κ1) is 17.2. The van der Waals surface area contributed by atoms with Crippen LogP contribution >= 0.6 is 11.3 Å². The van der Waals surface area contributed by atoms with Gasteiger partial charge >= 0.3 is 6.03 Å². The Morgan fingerprint density at radius 3 is 2.82 bits per heavy atom. The molecule has 1 N–H and O–H groups in total. The number of pyridine rings is 1. The second-order valence-electron chi connectivity index (χ2n) is 7.35. The molecule has 2 aromatic heterocycles. The fraction of sp³-hybridized carbons (Fsp3) is 0.350. The minimum absolute atomic E-state index is 0.0202. The van der Waals surface area contributed by atoms with Crippen LogP contribution < -0.4 is 15.0 Å².